The zero-order chi connectivity index (χ0) is 9.40. The zero-order valence-electron chi connectivity index (χ0n) is 6.58. The molecular weight excluding hydrogens is 162 g/mol. The first kappa shape index (κ1) is 10.6. The number of carbonyl (C=O) groups is 2. The number of aliphatic carboxylic acids is 1. The molecule has 0 rings (SSSR count). The van der Waals surface area contributed by atoms with Crippen molar-refractivity contribution in [1.29, 1.82) is 5.41 Å². The number of carboxylic acid groups (broad SMARTS) is 1. The second-order valence-corrected chi connectivity index (χ2v) is 2.11. The molecule has 0 aliphatic heterocycles. The Labute approximate surface area is 69.8 Å². The Hall–Kier alpha value is -1.39. The Balaban J connectivity index is 3.33. The maximum atomic E-state index is 10.7. The minimum atomic E-state index is -1.01. The number of rotatable bonds is 6. The Morgan fingerprint density at radius 1 is 1.42 bits per heavy atom. The van der Waals surface area contributed by atoms with E-state index in [-0.39, 0.29) is 19.4 Å². The quantitative estimate of drug-likeness (QED) is 0.346. The van der Waals surface area contributed by atoms with E-state index in [1.54, 1.807) is 0 Å². The highest BCUT2D eigenvalue weighted by Crippen LogP contribution is 1.92. The van der Waals surface area contributed by atoms with Gasteiger partial charge in [-0.1, -0.05) is 0 Å². The van der Waals surface area contributed by atoms with Gasteiger partial charge in [0.25, 0.3) is 0 Å². The molecule has 68 valence electrons. The van der Waals surface area contributed by atoms with Gasteiger partial charge in [0.05, 0.1) is 19.4 Å². The molecule has 5 heteroatoms. The molecule has 0 atom stereocenters. The number of nitrogens with one attached hydrogen (secondary N) is 1. The van der Waals surface area contributed by atoms with Crippen molar-refractivity contribution in [3.05, 3.63) is 0 Å². The summed E-state index contributed by atoms with van der Waals surface area (Å²) in [5.41, 5.74) is 0. The molecule has 0 heterocycles. The van der Waals surface area contributed by atoms with Crippen LogP contribution in [0.3, 0.4) is 0 Å². The van der Waals surface area contributed by atoms with Crippen molar-refractivity contribution in [1.82, 2.24) is 0 Å². The molecule has 0 fully saturated rings. The van der Waals surface area contributed by atoms with E-state index < -0.39 is 11.9 Å². The van der Waals surface area contributed by atoms with Gasteiger partial charge < -0.3 is 15.3 Å². The average Bonchev–Trinajstić information content (AvgIpc) is 2.01. The number of hydrogen-bond acceptors (Lipinski definition) is 4. The SMILES string of the molecule is N=CCCOC(=O)CCC(=O)O. The summed E-state index contributed by atoms with van der Waals surface area (Å²) in [4.78, 5) is 20.7. The maximum absolute atomic E-state index is 10.7. The smallest absolute Gasteiger partial charge is 0.306 e. The largest absolute Gasteiger partial charge is 0.481 e. The van der Waals surface area contributed by atoms with Gasteiger partial charge in [0.1, 0.15) is 0 Å². The monoisotopic (exact) mass is 173 g/mol. The second kappa shape index (κ2) is 6.33. The van der Waals surface area contributed by atoms with Crippen LogP contribution < -0.4 is 0 Å². The van der Waals surface area contributed by atoms with E-state index in [2.05, 4.69) is 4.74 Å². The third-order valence-corrected chi connectivity index (χ3v) is 1.07. The Bertz CT molecular complexity index is 178. The van der Waals surface area contributed by atoms with Crippen molar-refractivity contribution in [2.45, 2.75) is 19.3 Å². The predicted molar refractivity (Wildman–Crippen MR) is 41.2 cm³/mol. The summed E-state index contributed by atoms with van der Waals surface area (Å²) in [5.74, 6) is -1.54. The Morgan fingerprint density at radius 3 is 2.58 bits per heavy atom. The summed E-state index contributed by atoms with van der Waals surface area (Å²) in [7, 11) is 0. The average molecular weight is 173 g/mol. The molecule has 0 saturated carbocycles. The van der Waals surface area contributed by atoms with E-state index in [0.717, 1.165) is 6.21 Å². The van der Waals surface area contributed by atoms with Crippen LogP contribution in [0.4, 0.5) is 0 Å². The summed E-state index contributed by atoms with van der Waals surface area (Å²) in [5, 5.41) is 14.8. The van der Waals surface area contributed by atoms with Crippen LogP contribution >= 0.6 is 0 Å². The van der Waals surface area contributed by atoms with Gasteiger partial charge in [0.2, 0.25) is 0 Å². The fourth-order valence-electron chi connectivity index (χ4n) is 0.513. The van der Waals surface area contributed by atoms with Gasteiger partial charge in [0, 0.05) is 6.42 Å². The minimum Gasteiger partial charge on any atom is -0.481 e. The van der Waals surface area contributed by atoms with Crippen LogP contribution in [0.1, 0.15) is 19.3 Å². The van der Waals surface area contributed by atoms with Crippen LogP contribution in [0.5, 0.6) is 0 Å². The number of esters is 1. The van der Waals surface area contributed by atoms with Crippen LogP contribution in [0.2, 0.25) is 0 Å². The van der Waals surface area contributed by atoms with Gasteiger partial charge in [-0.15, -0.1) is 0 Å². The van der Waals surface area contributed by atoms with Gasteiger partial charge in [0.15, 0.2) is 0 Å². The van der Waals surface area contributed by atoms with E-state index in [0.29, 0.717) is 6.42 Å². The highest BCUT2D eigenvalue weighted by Gasteiger charge is 2.05. The summed E-state index contributed by atoms with van der Waals surface area (Å²) in [6.07, 6.45) is 1.19. The zero-order valence-corrected chi connectivity index (χ0v) is 6.58. The van der Waals surface area contributed by atoms with E-state index in [1.165, 1.54) is 0 Å². The number of carboxylic acids is 1. The lowest BCUT2D eigenvalue weighted by molar-refractivity contribution is -0.147. The normalized spacial score (nSPS) is 9.00. The third kappa shape index (κ3) is 6.73. The molecule has 0 aliphatic carbocycles. The highest BCUT2D eigenvalue weighted by atomic mass is 16.5. The van der Waals surface area contributed by atoms with Crippen LogP contribution in [0.25, 0.3) is 0 Å². The Kier molecular flexibility index (Phi) is 5.60. The number of ether oxygens (including phenoxy) is 1. The molecule has 5 nitrogen and oxygen atoms in total. The van der Waals surface area contributed by atoms with Crippen molar-refractivity contribution in [2.75, 3.05) is 6.61 Å². The fourth-order valence-corrected chi connectivity index (χ4v) is 0.513. The van der Waals surface area contributed by atoms with Crippen LogP contribution in [-0.4, -0.2) is 29.9 Å². The van der Waals surface area contributed by atoms with E-state index in [9.17, 15) is 9.59 Å². The standard InChI is InChI=1S/C7H11NO4/c8-4-1-5-12-7(11)3-2-6(9)10/h4,8H,1-3,5H2,(H,9,10). The summed E-state index contributed by atoms with van der Waals surface area (Å²) in [6.45, 7) is 0.155. The minimum absolute atomic E-state index is 0.104. The van der Waals surface area contributed by atoms with Gasteiger partial charge >= 0.3 is 11.9 Å². The molecule has 0 bridgehead atoms. The lowest BCUT2D eigenvalue weighted by Crippen LogP contribution is -2.08. The summed E-state index contributed by atoms with van der Waals surface area (Å²) in [6, 6.07) is 0. The molecule has 0 saturated heterocycles. The van der Waals surface area contributed by atoms with Crippen molar-refractivity contribution >= 4 is 18.2 Å². The Morgan fingerprint density at radius 2 is 2.08 bits per heavy atom. The van der Waals surface area contributed by atoms with E-state index in [1.807, 2.05) is 0 Å². The fraction of sp³-hybridized carbons (Fsp3) is 0.571. The van der Waals surface area contributed by atoms with Crippen molar-refractivity contribution in [3.63, 3.8) is 0 Å². The number of hydrogen-bond donors (Lipinski definition) is 2. The second-order valence-electron chi connectivity index (χ2n) is 2.11. The highest BCUT2D eigenvalue weighted by molar-refractivity contribution is 5.76. The van der Waals surface area contributed by atoms with E-state index in [4.69, 9.17) is 10.5 Å². The van der Waals surface area contributed by atoms with Crippen molar-refractivity contribution in [2.24, 2.45) is 0 Å². The molecular formula is C7H11NO4. The molecule has 0 aromatic carbocycles. The first-order chi connectivity index (χ1) is 5.66. The van der Waals surface area contributed by atoms with Crippen LogP contribution in [0, 0.1) is 5.41 Å². The summed E-state index contributed by atoms with van der Waals surface area (Å²) < 4.78 is 4.58. The lowest BCUT2D eigenvalue weighted by atomic mass is 10.3. The molecule has 0 radical (unpaired) electrons. The maximum Gasteiger partial charge on any atom is 0.306 e. The van der Waals surface area contributed by atoms with E-state index >= 15 is 0 Å². The molecule has 0 spiro atoms. The van der Waals surface area contributed by atoms with Crippen molar-refractivity contribution in [3.8, 4) is 0 Å². The molecule has 0 unspecified atom stereocenters. The molecule has 0 aromatic heterocycles. The van der Waals surface area contributed by atoms with Gasteiger partial charge in [-0.05, 0) is 6.21 Å². The topological polar surface area (TPSA) is 87.5 Å². The van der Waals surface area contributed by atoms with Crippen LogP contribution in [0.15, 0.2) is 0 Å². The molecule has 12 heavy (non-hydrogen) atoms. The van der Waals surface area contributed by atoms with Gasteiger partial charge in [-0.25, -0.2) is 0 Å². The van der Waals surface area contributed by atoms with Crippen LogP contribution in [-0.2, 0) is 14.3 Å². The van der Waals surface area contributed by atoms with Gasteiger partial charge in [-0.2, -0.15) is 0 Å². The lowest BCUT2D eigenvalue weighted by Gasteiger charge is -1.99. The molecule has 2 N–H and O–H groups in total. The molecule has 0 amide bonds. The van der Waals surface area contributed by atoms with Gasteiger partial charge in [-0.3, -0.25) is 9.59 Å². The summed E-state index contributed by atoms with van der Waals surface area (Å²) >= 11 is 0. The predicted octanol–water partition coefficient (Wildman–Crippen LogP) is 0.434. The molecule has 0 aliphatic rings. The third-order valence-electron chi connectivity index (χ3n) is 1.07. The number of carbonyl (C=O) groups excluding carboxylic acids is 1. The first-order valence-corrected chi connectivity index (χ1v) is 3.53. The van der Waals surface area contributed by atoms with Crippen molar-refractivity contribution < 1.29 is 19.4 Å². The first-order valence-electron chi connectivity index (χ1n) is 3.53. The molecule has 0 aromatic rings.